The van der Waals surface area contributed by atoms with Gasteiger partial charge in [0.15, 0.2) is 0 Å². The minimum Gasteiger partial charge on any atom is -0.444 e. The van der Waals surface area contributed by atoms with Gasteiger partial charge in [-0.15, -0.1) is 0 Å². The molecule has 0 saturated carbocycles. The normalized spacial score (nSPS) is 27.9. The summed E-state index contributed by atoms with van der Waals surface area (Å²) < 4.78 is 5.22. The van der Waals surface area contributed by atoms with Crippen molar-refractivity contribution in [3.05, 3.63) is 0 Å². The molecule has 0 aromatic carbocycles. The summed E-state index contributed by atoms with van der Waals surface area (Å²) in [6.45, 7) is 7.81. The van der Waals surface area contributed by atoms with E-state index in [-0.39, 0.29) is 12.1 Å². The summed E-state index contributed by atoms with van der Waals surface area (Å²) in [5.74, 6) is 0. The highest BCUT2D eigenvalue weighted by Gasteiger charge is 2.33. The van der Waals surface area contributed by atoms with Crippen LogP contribution in [-0.4, -0.2) is 40.4 Å². The number of aliphatic hydroxyl groups excluding tert-OH is 1. The number of hydrogen-bond acceptors (Lipinski definition) is 3. The van der Waals surface area contributed by atoms with Gasteiger partial charge in [0.1, 0.15) is 5.60 Å². The van der Waals surface area contributed by atoms with Crippen LogP contribution in [0.3, 0.4) is 0 Å². The lowest BCUT2D eigenvalue weighted by atomic mass is 10.2. The van der Waals surface area contributed by atoms with Crippen molar-refractivity contribution in [1.82, 2.24) is 4.90 Å². The number of rotatable bonds is 0. The maximum absolute atomic E-state index is 11.6. The van der Waals surface area contributed by atoms with E-state index in [0.717, 1.165) is 0 Å². The fourth-order valence-electron chi connectivity index (χ4n) is 1.58. The first-order valence-corrected chi connectivity index (χ1v) is 4.97. The van der Waals surface area contributed by atoms with Crippen LogP contribution in [-0.2, 0) is 4.74 Å². The van der Waals surface area contributed by atoms with E-state index >= 15 is 0 Å². The first-order valence-electron chi connectivity index (χ1n) is 4.97. The molecule has 0 radical (unpaired) electrons. The largest absolute Gasteiger partial charge is 0.444 e. The van der Waals surface area contributed by atoms with Crippen molar-refractivity contribution in [1.29, 1.82) is 0 Å². The zero-order valence-electron chi connectivity index (χ0n) is 9.28. The van der Waals surface area contributed by atoms with Crippen LogP contribution in [0.15, 0.2) is 0 Å². The van der Waals surface area contributed by atoms with E-state index in [1.807, 2.05) is 27.7 Å². The van der Waals surface area contributed by atoms with Crippen LogP contribution in [0.1, 0.15) is 34.1 Å². The average Bonchev–Trinajstić information content (AvgIpc) is 2.26. The molecule has 1 rings (SSSR count). The third-order valence-corrected chi connectivity index (χ3v) is 2.18. The zero-order valence-corrected chi connectivity index (χ0v) is 9.28. The van der Waals surface area contributed by atoms with Crippen molar-refractivity contribution < 1.29 is 14.6 Å². The Morgan fingerprint density at radius 2 is 2.07 bits per heavy atom. The molecule has 1 heterocycles. The van der Waals surface area contributed by atoms with Gasteiger partial charge in [0.25, 0.3) is 0 Å². The maximum atomic E-state index is 11.6. The fraction of sp³-hybridized carbons (Fsp3) is 0.900. The number of β-amino-alcohol motifs (C(OH)–C–C–N with tert-alkyl or cyclic N) is 1. The van der Waals surface area contributed by atoms with Crippen molar-refractivity contribution in [2.24, 2.45) is 0 Å². The molecule has 1 amide bonds. The minimum atomic E-state index is -0.468. The third-order valence-electron chi connectivity index (χ3n) is 2.18. The van der Waals surface area contributed by atoms with E-state index in [1.165, 1.54) is 0 Å². The zero-order chi connectivity index (χ0) is 10.9. The van der Waals surface area contributed by atoms with E-state index in [9.17, 15) is 9.90 Å². The van der Waals surface area contributed by atoms with E-state index in [0.29, 0.717) is 13.0 Å². The van der Waals surface area contributed by atoms with Gasteiger partial charge in [-0.3, -0.25) is 0 Å². The number of nitrogens with zero attached hydrogens (tertiary/aromatic N) is 1. The molecular formula is C10H19NO3. The Balaban J connectivity index is 2.53. The molecule has 14 heavy (non-hydrogen) atoms. The Morgan fingerprint density at radius 1 is 1.50 bits per heavy atom. The van der Waals surface area contributed by atoms with Crippen LogP contribution in [0.5, 0.6) is 0 Å². The standard InChI is InChI=1S/C10H19NO3/c1-7-5-8(12)6-11(7)9(13)14-10(2,3)4/h7-8,12H,5-6H2,1-4H3/t7-,8-/m1/s1. The number of hydrogen-bond donors (Lipinski definition) is 1. The van der Waals surface area contributed by atoms with E-state index in [2.05, 4.69) is 0 Å². The summed E-state index contributed by atoms with van der Waals surface area (Å²) in [5.41, 5.74) is -0.468. The van der Waals surface area contributed by atoms with Gasteiger partial charge in [-0.05, 0) is 34.1 Å². The van der Waals surface area contributed by atoms with Gasteiger partial charge in [-0.25, -0.2) is 4.79 Å². The Bertz CT molecular complexity index is 222. The van der Waals surface area contributed by atoms with Gasteiger partial charge in [0.2, 0.25) is 0 Å². The second kappa shape index (κ2) is 3.77. The smallest absolute Gasteiger partial charge is 0.410 e. The molecular weight excluding hydrogens is 182 g/mol. The Morgan fingerprint density at radius 3 is 2.43 bits per heavy atom. The van der Waals surface area contributed by atoms with Gasteiger partial charge < -0.3 is 14.7 Å². The summed E-state index contributed by atoms with van der Waals surface area (Å²) in [6.07, 6.45) is -0.0988. The third kappa shape index (κ3) is 2.87. The highest BCUT2D eigenvalue weighted by Crippen LogP contribution is 2.20. The first kappa shape index (κ1) is 11.3. The van der Waals surface area contributed by atoms with Gasteiger partial charge in [-0.2, -0.15) is 0 Å². The van der Waals surface area contributed by atoms with Gasteiger partial charge in [0, 0.05) is 6.04 Å². The second-order valence-electron chi connectivity index (χ2n) is 4.87. The number of carbonyl (C=O) groups is 1. The van der Waals surface area contributed by atoms with Crippen molar-refractivity contribution in [2.45, 2.75) is 51.9 Å². The lowest BCUT2D eigenvalue weighted by Crippen LogP contribution is -2.39. The molecule has 1 fully saturated rings. The average molecular weight is 201 g/mol. The van der Waals surface area contributed by atoms with Crippen LogP contribution in [0.4, 0.5) is 4.79 Å². The first-order chi connectivity index (χ1) is 6.29. The van der Waals surface area contributed by atoms with Gasteiger partial charge in [-0.1, -0.05) is 0 Å². The summed E-state index contributed by atoms with van der Waals surface area (Å²) in [4.78, 5) is 13.2. The van der Waals surface area contributed by atoms with Crippen molar-refractivity contribution >= 4 is 6.09 Å². The van der Waals surface area contributed by atoms with Crippen LogP contribution < -0.4 is 0 Å². The number of likely N-dealkylation sites (tertiary alicyclic amines) is 1. The van der Waals surface area contributed by atoms with Crippen LogP contribution in [0.2, 0.25) is 0 Å². The summed E-state index contributed by atoms with van der Waals surface area (Å²) in [6, 6.07) is 0.0693. The molecule has 0 spiro atoms. The molecule has 2 atom stereocenters. The number of aliphatic hydroxyl groups is 1. The number of amides is 1. The molecule has 82 valence electrons. The predicted octanol–water partition coefficient (Wildman–Crippen LogP) is 1.38. The molecule has 1 N–H and O–H groups in total. The molecule has 1 saturated heterocycles. The van der Waals surface area contributed by atoms with Crippen LogP contribution in [0.25, 0.3) is 0 Å². The topological polar surface area (TPSA) is 49.8 Å². The van der Waals surface area contributed by atoms with Gasteiger partial charge >= 0.3 is 6.09 Å². The molecule has 1 aliphatic heterocycles. The SMILES string of the molecule is C[C@@H]1C[C@@H](O)CN1C(=O)OC(C)(C)C. The molecule has 4 nitrogen and oxygen atoms in total. The number of carbonyl (C=O) groups excluding carboxylic acids is 1. The van der Waals surface area contributed by atoms with E-state index in [4.69, 9.17) is 4.74 Å². The molecule has 0 unspecified atom stereocenters. The highest BCUT2D eigenvalue weighted by atomic mass is 16.6. The molecule has 0 aliphatic carbocycles. The predicted molar refractivity (Wildman–Crippen MR) is 53.0 cm³/mol. The Hall–Kier alpha value is -0.770. The maximum Gasteiger partial charge on any atom is 0.410 e. The quantitative estimate of drug-likeness (QED) is 0.644. The Labute approximate surface area is 84.8 Å². The van der Waals surface area contributed by atoms with Crippen molar-refractivity contribution in [3.8, 4) is 0 Å². The van der Waals surface area contributed by atoms with E-state index in [1.54, 1.807) is 4.90 Å². The lowest BCUT2D eigenvalue weighted by molar-refractivity contribution is 0.0220. The minimum absolute atomic E-state index is 0.0693. The van der Waals surface area contributed by atoms with Crippen molar-refractivity contribution in [2.75, 3.05) is 6.54 Å². The lowest BCUT2D eigenvalue weighted by Gasteiger charge is -2.26. The van der Waals surface area contributed by atoms with E-state index < -0.39 is 11.7 Å². The molecule has 1 aliphatic rings. The van der Waals surface area contributed by atoms with Crippen LogP contribution in [0, 0.1) is 0 Å². The van der Waals surface area contributed by atoms with Gasteiger partial charge in [0.05, 0.1) is 12.6 Å². The number of ether oxygens (including phenoxy) is 1. The van der Waals surface area contributed by atoms with Crippen LogP contribution >= 0.6 is 0 Å². The fourth-order valence-corrected chi connectivity index (χ4v) is 1.58. The molecule has 0 aromatic heterocycles. The Kier molecular flexibility index (Phi) is 3.04. The second-order valence-corrected chi connectivity index (χ2v) is 4.87. The monoisotopic (exact) mass is 201 g/mol. The molecule has 0 bridgehead atoms. The summed E-state index contributed by atoms with van der Waals surface area (Å²) in [5, 5.41) is 9.37. The van der Waals surface area contributed by atoms with Crippen molar-refractivity contribution in [3.63, 3.8) is 0 Å². The highest BCUT2D eigenvalue weighted by molar-refractivity contribution is 5.69. The summed E-state index contributed by atoms with van der Waals surface area (Å²) in [7, 11) is 0. The molecule has 4 heteroatoms. The summed E-state index contributed by atoms with van der Waals surface area (Å²) >= 11 is 0. The molecule has 0 aromatic rings.